The van der Waals surface area contributed by atoms with Crippen LogP contribution < -0.4 is 5.32 Å². The minimum absolute atomic E-state index is 0.0000321. The Morgan fingerprint density at radius 1 is 1.07 bits per heavy atom. The highest BCUT2D eigenvalue weighted by atomic mass is 32.2. The van der Waals surface area contributed by atoms with E-state index in [4.69, 9.17) is 4.98 Å². The number of aryl methyl sites for hydroxylation is 3. The first-order valence-corrected chi connectivity index (χ1v) is 15.5. The van der Waals surface area contributed by atoms with E-state index in [1.54, 1.807) is 30.6 Å². The minimum atomic E-state index is -0.393. The molecule has 8 nitrogen and oxygen atoms in total. The molecule has 5 aromatic rings. The SMILES string of the molecule is Cc1cc(C)c(NC(=O)[C@@H](C)Sc2nc3ccc(N=Cc4ccc(Sc5ccccn5)c([N+](=O)[O-])c4)cc3s2)c(C)c1. The second-order valence-corrected chi connectivity index (χ2v) is 13.3. The number of nitro groups is 1. The van der Waals surface area contributed by atoms with Crippen LogP contribution in [0.3, 0.4) is 0 Å². The monoisotopic (exact) mass is 613 g/mol. The topological polar surface area (TPSA) is 110 Å². The summed E-state index contributed by atoms with van der Waals surface area (Å²) in [6.07, 6.45) is 3.27. The number of rotatable bonds is 9. The molecule has 0 unspecified atom stereocenters. The van der Waals surface area contributed by atoms with Gasteiger partial charge in [-0.1, -0.05) is 53.4 Å². The van der Waals surface area contributed by atoms with Crippen LogP contribution in [-0.2, 0) is 4.79 Å². The van der Waals surface area contributed by atoms with E-state index in [9.17, 15) is 14.9 Å². The van der Waals surface area contributed by atoms with Crippen molar-refractivity contribution in [2.75, 3.05) is 5.32 Å². The van der Waals surface area contributed by atoms with Crippen molar-refractivity contribution in [3.63, 3.8) is 0 Å². The number of thiazole rings is 1. The number of fused-ring (bicyclic) bond motifs is 1. The zero-order valence-corrected chi connectivity index (χ0v) is 25.8. The lowest BCUT2D eigenvalue weighted by Gasteiger charge is -2.15. The maximum atomic E-state index is 13.0. The van der Waals surface area contributed by atoms with Gasteiger partial charge in [0.15, 0.2) is 4.34 Å². The Bertz CT molecular complexity index is 1800. The molecular weight excluding hydrogens is 587 g/mol. The first kappa shape index (κ1) is 29.4. The summed E-state index contributed by atoms with van der Waals surface area (Å²) in [5.41, 5.74) is 6.25. The van der Waals surface area contributed by atoms with Crippen LogP contribution in [0, 0.1) is 30.9 Å². The zero-order valence-electron chi connectivity index (χ0n) is 23.3. The van der Waals surface area contributed by atoms with Crippen molar-refractivity contribution in [2.45, 2.75) is 47.2 Å². The number of aliphatic imine (C=N–C) groups is 1. The number of nitrogens with zero attached hydrogens (tertiary/aromatic N) is 4. The highest BCUT2D eigenvalue weighted by Crippen LogP contribution is 2.36. The van der Waals surface area contributed by atoms with Crippen LogP contribution in [0.1, 0.15) is 29.2 Å². The number of carbonyl (C=O) groups excluding carboxylic acids is 1. The van der Waals surface area contributed by atoms with E-state index in [1.807, 2.05) is 58.0 Å². The highest BCUT2D eigenvalue weighted by Gasteiger charge is 2.19. The number of hydrogen-bond acceptors (Lipinski definition) is 9. The van der Waals surface area contributed by atoms with Crippen molar-refractivity contribution >= 4 is 74.3 Å². The summed E-state index contributed by atoms with van der Waals surface area (Å²) in [5, 5.41) is 15.2. The van der Waals surface area contributed by atoms with Gasteiger partial charge in [0.25, 0.3) is 5.69 Å². The van der Waals surface area contributed by atoms with Crippen LogP contribution in [-0.4, -0.2) is 32.3 Å². The molecule has 2 heterocycles. The van der Waals surface area contributed by atoms with E-state index in [0.717, 1.165) is 31.4 Å². The van der Waals surface area contributed by atoms with Crippen LogP contribution in [0.25, 0.3) is 10.2 Å². The van der Waals surface area contributed by atoms with Gasteiger partial charge in [-0.25, -0.2) is 9.97 Å². The standard InChI is InChI=1S/C31H27N5O3S3/c1-18-13-19(2)29(20(3)14-18)35-30(37)21(4)40-31-34-24-10-9-23(16-27(24)42-31)33-17-22-8-11-26(25(15-22)36(38)39)41-28-7-5-6-12-32-28/h5-17,21H,1-4H3,(H,35,37)/t21-/m1/s1. The molecule has 1 amide bonds. The number of thioether (sulfide) groups is 1. The zero-order chi connectivity index (χ0) is 29.8. The third kappa shape index (κ3) is 7.04. The normalized spacial score (nSPS) is 12.1. The third-order valence-electron chi connectivity index (χ3n) is 6.32. The Hall–Kier alpha value is -4.06. The number of nitrogens with one attached hydrogen (secondary N) is 1. The van der Waals surface area contributed by atoms with Gasteiger partial charge in [-0.15, -0.1) is 11.3 Å². The molecule has 5 rings (SSSR count). The van der Waals surface area contributed by atoms with Gasteiger partial charge >= 0.3 is 0 Å². The van der Waals surface area contributed by atoms with E-state index in [2.05, 4.69) is 27.4 Å². The Labute approximate surface area is 255 Å². The molecule has 0 aliphatic rings. The average molecular weight is 614 g/mol. The Morgan fingerprint density at radius 3 is 2.57 bits per heavy atom. The van der Waals surface area contributed by atoms with Crippen molar-refractivity contribution in [3.05, 3.63) is 105 Å². The Morgan fingerprint density at radius 2 is 1.86 bits per heavy atom. The number of amides is 1. The maximum Gasteiger partial charge on any atom is 0.283 e. The lowest BCUT2D eigenvalue weighted by Crippen LogP contribution is -2.23. The fourth-order valence-corrected chi connectivity index (χ4v) is 7.45. The number of hydrogen-bond donors (Lipinski definition) is 1. The van der Waals surface area contributed by atoms with Gasteiger partial charge in [-0.2, -0.15) is 0 Å². The second kappa shape index (κ2) is 12.8. The molecule has 0 spiro atoms. The van der Waals surface area contributed by atoms with Crippen molar-refractivity contribution < 1.29 is 9.72 Å². The number of aromatic nitrogens is 2. The molecule has 2 aromatic heterocycles. The lowest BCUT2D eigenvalue weighted by atomic mass is 10.1. The molecule has 11 heteroatoms. The van der Waals surface area contributed by atoms with Crippen LogP contribution in [0.5, 0.6) is 0 Å². The van der Waals surface area contributed by atoms with E-state index < -0.39 is 4.92 Å². The molecule has 0 bridgehead atoms. The van der Waals surface area contributed by atoms with Gasteiger partial charge in [-0.05, 0) is 80.8 Å². The molecule has 0 fully saturated rings. The summed E-state index contributed by atoms with van der Waals surface area (Å²) >= 11 is 4.17. The summed E-state index contributed by atoms with van der Waals surface area (Å²) in [7, 11) is 0. The van der Waals surface area contributed by atoms with Crippen LogP contribution in [0.15, 0.2) is 92.2 Å². The number of carbonyl (C=O) groups is 1. The quantitative estimate of drug-likeness (QED) is 0.0767. The molecule has 0 saturated heterocycles. The van der Waals surface area contributed by atoms with E-state index >= 15 is 0 Å². The minimum Gasteiger partial charge on any atom is -0.325 e. The Kier molecular flexibility index (Phi) is 9.00. The molecule has 212 valence electrons. The molecule has 1 atom stereocenters. The highest BCUT2D eigenvalue weighted by molar-refractivity contribution is 8.02. The van der Waals surface area contributed by atoms with E-state index in [1.165, 1.54) is 46.5 Å². The Balaban J connectivity index is 1.28. The first-order chi connectivity index (χ1) is 20.2. The largest absolute Gasteiger partial charge is 0.325 e. The summed E-state index contributed by atoms with van der Waals surface area (Å²) in [6, 6.07) is 20.3. The molecule has 3 aromatic carbocycles. The summed E-state index contributed by atoms with van der Waals surface area (Å²) in [5.74, 6) is -0.0712. The van der Waals surface area contributed by atoms with Gasteiger partial charge in [0.1, 0.15) is 5.03 Å². The van der Waals surface area contributed by atoms with Crippen molar-refractivity contribution in [1.29, 1.82) is 0 Å². The van der Waals surface area contributed by atoms with Crippen LogP contribution in [0.2, 0.25) is 0 Å². The van der Waals surface area contributed by atoms with Crippen molar-refractivity contribution in [1.82, 2.24) is 9.97 Å². The molecule has 0 radical (unpaired) electrons. The predicted octanol–water partition coefficient (Wildman–Crippen LogP) is 8.55. The van der Waals surface area contributed by atoms with Gasteiger partial charge in [0.05, 0.1) is 31.0 Å². The molecular formula is C31H27N5O3S3. The van der Waals surface area contributed by atoms with Crippen molar-refractivity contribution in [2.24, 2.45) is 4.99 Å². The summed E-state index contributed by atoms with van der Waals surface area (Å²) < 4.78 is 1.74. The lowest BCUT2D eigenvalue weighted by molar-refractivity contribution is -0.387. The molecule has 0 aliphatic heterocycles. The predicted molar refractivity (Wildman–Crippen MR) is 173 cm³/mol. The number of benzene rings is 3. The number of anilines is 1. The van der Waals surface area contributed by atoms with Gasteiger partial charge in [-0.3, -0.25) is 19.9 Å². The van der Waals surface area contributed by atoms with E-state index in [-0.39, 0.29) is 16.8 Å². The molecule has 0 saturated carbocycles. The number of nitro benzene ring substituents is 1. The summed E-state index contributed by atoms with van der Waals surface area (Å²) in [6.45, 7) is 7.92. The number of pyridine rings is 1. The van der Waals surface area contributed by atoms with Crippen LogP contribution >= 0.6 is 34.9 Å². The fourth-order valence-electron chi connectivity index (χ4n) is 4.34. The molecule has 0 aliphatic carbocycles. The first-order valence-electron chi connectivity index (χ1n) is 13.0. The maximum absolute atomic E-state index is 13.0. The van der Waals surface area contributed by atoms with Gasteiger partial charge in [0.2, 0.25) is 5.91 Å². The summed E-state index contributed by atoms with van der Waals surface area (Å²) in [4.78, 5) is 38.3. The fraction of sp³-hybridized carbons (Fsp3) is 0.161. The third-order valence-corrected chi connectivity index (χ3v) is 9.55. The van der Waals surface area contributed by atoms with Gasteiger partial charge in [0, 0.05) is 24.2 Å². The van der Waals surface area contributed by atoms with Crippen LogP contribution in [0.4, 0.5) is 17.1 Å². The average Bonchev–Trinajstić information content (AvgIpc) is 3.36. The molecule has 42 heavy (non-hydrogen) atoms. The second-order valence-electron chi connectivity index (χ2n) is 9.67. The van der Waals surface area contributed by atoms with Gasteiger partial charge < -0.3 is 5.32 Å². The van der Waals surface area contributed by atoms with Crippen molar-refractivity contribution in [3.8, 4) is 0 Å². The smallest absolute Gasteiger partial charge is 0.283 e. The van der Waals surface area contributed by atoms with E-state index in [0.29, 0.717) is 21.2 Å². The molecule has 1 N–H and O–H groups in total.